The summed E-state index contributed by atoms with van der Waals surface area (Å²) in [4.78, 5) is 28.5. The SMILES string of the molecule is CCCCN(CC)C(=O)C1CC(=O)N(Cc2ccccc2)C1. The standard InChI is InChI=1S/C18H26N2O2/c1-3-5-11-19(4-2)18(22)16-12-17(21)20(14-16)13-15-9-7-6-8-10-15/h6-10,16H,3-5,11-14H2,1-2H3. The first-order chi connectivity index (χ1) is 10.7. The minimum atomic E-state index is -0.173. The number of carbonyl (C=O) groups is 2. The van der Waals surface area contributed by atoms with Crippen LogP contribution < -0.4 is 0 Å². The predicted molar refractivity (Wildman–Crippen MR) is 87.1 cm³/mol. The molecule has 0 radical (unpaired) electrons. The normalized spacial score (nSPS) is 17.8. The number of carbonyl (C=O) groups excluding carboxylic acids is 2. The number of unbranched alkanes of at least 4 members (excludes halogenated alkanes) is 1. The zero-order valence-electron chi connectivity index (χ0n) is 13.6. The largest absolute Gasteiger partial charge is 0.343 e. The van der Waals surface area contributed by atoms with Gasteiger partial charge >= 0.3 is 0 Å². The molecule has 0 spiro atoms. The Morgan fingerprint density at radius 3 is 2.64 bits per heavy atom. The van der Waals surface area contributed by atoms with Gasteiger partial charge in [-0.05, 0) is 18.9 Å². The van der Waals surface area contributed by atoms with Crippen LogP contribution in [-0.2, 0) is 16.1 Å². The second-order valence-electron chi connectivity index (χ2n) is 5.93. The molecule has 1 atom stereocenters. The van der Waals surface area contributed by atoms with Gasteiger partial charge in [-0.1, -0.05) is 43.7 Å². The minimum absolute atomic E-state index is 0.0914. The van der Waals surface area contributed by atoms with Crippen molar-refractivity contribution in [1.29, 1.82) is 0 Å². The summed E-state index contributed by atoms with van der Waals surface area (Å²) >= 11 is 0. The molecule has 1 aromatic rings. The third-order valence-electron chi connectivity index (χ3n) is 4.25. The van der Waals surface area contributed by atoms with Crippen molar-refractivity contribution in [3.8, 4) is 0 Å². The number of nitrogens with zero attached hydrogens (tertiary/aromatic N) is 2. The highest BCUT2D eigenvalue weighted by Gasteiger charge is 2.35. The summed E-state index contributed by atoms with van der Waals surface area (Å²) in [6.45, 7) is 6.81. The zero-order chi connectivity index (χ0) is 15.9. The fourth-order valence-corrected chi connectivity index (χ4v) is 2.93. The van der Waals surface area contributed by atoms with E-state index in [2.05, 4.69) is 6.92 Å². The molecule has 2 amide bonds. The van der Waals surface area contributed by atoms with E-state index in [0.29, 0.717) is 19.5 Å². The molecule has 1 heterocycles. The van der Waals surface area contributed by atoms with Crippen molar-refractivity contribution in [2.45, 2.75) is 39.7 Å². The van der Waals surface area contributed by atoms with E-state index in [9.17, 15) is 9.59 Å². The second-order valence-corrected chi connectivity index (χ2v) is 5.93. The van der Waals surface area contributed by atoms with E-state index in [1.807, 2.05) is 47.1 Å². The molecule has 2 rings (SSSR count). The minimum Gasteiger partial charge on any atom is -0.343 e. The molecular formula is C18H26N2O2. The van der Waals surface area contributed by atoms with Gasteiger partial charge in [0.1, 0.15) is 0 Å². The van der Waals surface area contributed by atoms with Crippen LogP contribution in [0, 0.1) is 5.92 Å². The van der Waals surface area contributed by atoms with Crippen LogP contribution in [0.15, 0.2) is 30.3 Å². The van der Waals surface area contributed by atoms with Gasteiger partial charge in [-0.25, -0.2) is 0 Å². The van der Waals surface area contributed by atoms with Crippen LogP contribution in [0.5, 0.6) is 0 Å². The van der Waals surface area contributed by atoms with Gasteiger partial charge in [0.2, 0.25) is 11.8 Å². The summed E-state index contributed by atoms with van der Waals surface area (Å²) in [5.41, 5.74) is 1.11. The fourth-order valence-electron chi connectivity index (χ4n) is 2.93. The van der Waals surface area contributed by atoms with Gasteiger partial charge in [-0.3, -0.25) is 9.59 Å². The lowest BCUT2D eigenvalue weighted by Gasteiger charge is -2.24. The van der Waals surface area contributed by atoms with Gasteiger partial charge in [0.25, 0.3) is 0 Å². The molecule has 22 heavy (non-hydrogen) atoms. The Balaban J connectivity index is 1.94. The van der Waals surface area contributed by atoms with Crippen molar-refractivity contribution in [3.05, 3.63) is 35.9 Å². The molecule has 0 aromatic heterocycles. The van der Waals surface area contributed by atoms with Crippen molar-refractivity contribution in [2.75, 3.05) is 19.6 Å². The first-order valence-corrected chi connectivity index (χ1v) is 8.26. The first kappa shape index (κ1) is 16.5. The van der Waals surface area contributed by atoms with Crippen molar-refractivity contribution < 1.29 is 9.59 Å². The number of hydrogen-bond donors (Lipinski definition) is 0. The number of hydrogen-bond acceptors (Lipinski definition) is 2. The average Bonchev–Trinajstić information content (AvgIpc) is 2.90. The van der Waals surface area contributed by atoms with Crippen LogP contribution >= 0.6 is 0 Å². The molecule has 0 saturated carbocycles. The molecule has 120 valence electrons. The molecule has 4 nitrogen and oxygen atoms in total. The Bertz CT molecular complexity index is 501. The highest BCUT2D eigenvalue weighted by molar-refractivity contribution is 5.89. The van der Waals surface area contributed by atoms with E-state index in [-0.39, 0.29) is 17.7 Å². The van der Waals surface area contributed by atoms with Crippen LogP contribution in [0.25, 0.3) is 0 Å². The summed E-state index contributed by atoms with van der Waals surface area (Å²) in [5, 5.41) is 0. The van der Waals surface area contributed by atoms with Crippen LogP contribution in [-0.4, -0.2) is 41.2 Å². The van der Waals surface area contributed by atoms with Crippen molar-refractivity contribution in [3.63, 3.8) is 0 Å². The number of benzene rings is 1. The summed E-state index contributed by atoms with van der Waals surface area (Å²) in [7, 11) is 0. The fraction of sp³-hybridized carbons (Fsp3) is 0.556. The average molecular weight is 302 g/mol. The van der Waals surface area contributed by atoms with E-state index < -0.39 is 0 Å². The molecule has 1 fully saturated rings. The molecule has 0 aliphatic carbocycles. The van der Waals surface area contributed by atoms with Gasteiger partial charge in [0, 0.05) is 32.6 Å². The summed E-state index contributed by atoms with van der Waals surface area (Å²) < 4.78 is 0. The molecule has 4 heteroatoms. The number of rotatable bonds is 7. The Morgan fingerprint density at radius 1 is 1.27 bits per heavy atom. The van der Waals surface area contributed by atoms with E-state index in [4.69, 9.17) is 0 Å². The lowest BCUT2D eigenvalue weighted by molar-refractivity contribution is -0.135. The van der Waals surface area contributed by atoms with E-state index >= 15 is 0 Å². The van der Waals surface area contributed by atoms with Crippen molar-refractivity contribution in [2.24, 2.45) is 5.92 Å². The topological polar surface area (TPSA) is 40.6 Å². The summed E-state index contributed by atoms with van der Waals surface area (Å²) in [6, 6.07) is 9.95. The van der Waals surface area contributed by atoms with E-state index in [0.717, 1.165) is 31.5 Å². The van der Waals surface area contributed by atoms with Crippen LogP contribution in [0.1, 0.15) is 38.7 Å². The van der Waals surface area contributed by atoms with Gasteiger partial charge in [0.05, 0.1) is 5.92 Å². The first-order valence-electron chi connectivity index (χ1n) is 8.26. The third kappa shape index (κ3) is 4.09. The lowest BCUT2D eigenvalue weighted by atomic mass is 10.1. The second kappa shape index (κ2) is 7.97. The van der Waals surface area contributed by atoms with Gasteiger partial charge in [0.15, 0.2) is 0 Å². The highest BCUT2D eigenvalue weighted by atomic mass is 16.2. The molecular weight excluding hydrogens is 276 g/mol. The molecule has 1 aliphatic rings. The highest BCUT2D eigenvalue weighted by Crippen LogP contribution is 2.22. The van der Waals surface area contributed by atoms with Crippen LogP contribution in [0.4, 0.5) is 0 Å². The Labute approximate surface area is 133 Å². The van der Waals surface area contributed by atoms with Gasteiger partial charge in [-0.2, -0.15) is 0 Å². The molecule has 0 bridgehead atoms. The molecule has 1 unspecified atom stereocenters. The van der Waals surface area contributed by atoms with Crippen molar-refractivity contribution >= 4 is 11.8 Å². The van der Waals surface area contributed by atoms with Crippen LogP contribution in [0.3, 0.4) is 0 Å². The van der Waals surface area contributed by atoms with Gasteiger partial charge < -0.3 is 9.80 Å². The smallest absolute Gasteiger partial charge is 0.227 e. The molecule has 0 N–H and O–H groups in total. The monoisotopic (exact) mass is 302 g/mol. The lowest BCUT2D eigenvalue weighted by Crippen LogP contribution is -2.37. The Morgan fingerprint density at radius 2 is 2.00 bits per heavy atom. The predicted octanol–water partition coefficient (Wildman–Crippen LogP) is 2.68. The van der Waals surface area contributed by atoms with Crippen LogP contribution in [0.2, 0.25) is 0 Å². The quantitative estimate of drug-likeness (QED) is 0.777. The van der Waals surface area contributed by atoms with E-state index in [1.165, 1.54) is 0 Å². The maximum Gasteiger partial charge on any atom is 0.227 e. The zero-order valence-corrected chi connectivity index (χ0v) is 13.6. The summed E-state index contributed by atoms with van der Waals surface area (Å²) in [6.07, 6.45) is 2.45. The molecule has 1 aliphatic heterocycles. The Hall–Kier alpha value is -1.84. The maximum absolute atomic E-state index is 12.6. The maximum atomic E-state index is 12.6. The third-order valence-corrected chi connectivity index (χ3v) is 4.25. The molecule has 1 saturated heterocycles. The number of amides is 2. The Kier molecular flexibility index (Phi) is 5.99. The number of likely N-dealkylation sites (tertiary alicyclic amines) is 1. The van der Waals surface area contributed by atoms with E-state index in [1.54, 1.807) is 0 Å². The van der Waals surface area contributed by atoms with Gasteiger partial charge in [-0.15, -0.1) is 0 Å². The summed E-state index contributed by atoms with van der Waals surface area (Å²) in [5.74, 6) is 0.0571. The van der Waals surface area contributed by atoms with Crippen molar-refractivity contribution in [1.82, 2.24) is 9.80 Å². The molecule has 1 aromatic carbocycles.